The Morgan fingerprint density at radius 1 is 1.26 bits per heavy atom. The van der Waals surface area contributed by atoms with Gasteiger partial charge in [0.15, 0.2) is 5.01 Å². The van der Waals surface area contributed by atoms with E-state index in [-0.39, 0.29) is 5.56 Å². The van der Waals surface area contributed by atoms with Crippen LogP contribution in [0.1, 0.15) is 5.69 Å². The number of para-hydroxylation sites is 1. The maximum atomic E-state index is 11.9. The molecule has 0 bridgehead atoms. The molecule has 2 heterocycles. The van der Waals surface area contributed by atoms with Crippen LogP contribution in [0.15, 0.2) is 29.1 Å². The summed E-state index contributed by atoms with van der Waals surface area (Å²) in [5, 5.41) is 12.8. The zero-order valence-electron chi connectivity index (χ0n) is 10.3. The number of hydrogen-bond acceptors (Lipinski definition) is 6. The monoisotopic (exact) mass is 274 g/mol. The summed E-state index contributed by atoms with van der Waals surface area (Å²) in [5.74, 6) is 0.708. The van der Waals surface area contributed by atoms with Crippen molar-refractivity contribution in [2.75, 3.05) is 7.11 Å². The van der Waals surface area contributed by atoms with Gasteiger partial charge in [-0.25, -0.2) is 0 Å². The third-order valence-corrected chi connectivity index (χ3v) is 3.62. The molecular formula is C12H10N4O2S. The van der Waals surface area contributed by atoms with E-state index in [4.69, 9.17) is 4.74 Å². The Morgan fingerprint density at radius 2 is 2.05 bits per heavy atom. The second-order valence-electron chi connectivity index (χ2n) is 3.89. The maximum absolute atomic E-state index is 11.9. The van der Waals surface area contributed by atoms with Gasteiger partial charge in [-0.2, -0.15) is 9.61 Å². The number of aromatic nitrogens is 4. The Kier molecular flexibility index (Phi) is 2.75. The summed E-state index contributed by atoms with van der Waals surface area (Å²) in [5.41, 5.74) is 0.911. The molecule has 2 aromatic heterocycles. The van der Waals surface area contributed by atoms with Gasteiger partial charge >= 0.3 is 0 Å². The van der Waals surface area contributed by atoms with Gasteiger partial charge in [0.05, 0.1) is 12.7 Å². The molecule has 0 radical (unpaired) electrons. The molecule has 0 aliphatic rings. The number of hydrogen-bond donors (Lipinski definition) is 0. The van der Waals surface area contributed by atoms with E-state index in [9.17, 15) is 4.79 Å². The highest BCUT2D eigenvalue weighted by molar-refractivity contribution is 7.19. The van der Waals surface area contributed by atoms with Crippen molar-refractivity contribution < 1.29 is 4.74 Å². The second-order valence-corrected chi connectivity index (χ2v) is 4.85. The Bertz CT molecular complexity index is 809. The van der Waals surface area contributed by atoms with Gasteiger partial charge in [0, 0.05) is 0 Å². The van der Waals surface area contributed by atoms with Crippen molar-refractivity contribution in [2.45, 2.75) is 6.92 Å². The van der Waals surface area contributed by atoms with E-state index in [0.29, 0.717) is 21.4 Å². The molecule has 6 nitrogen and oxygen atoms in total. The fourth-order valence-corrected chi connectivity index (χ4v) is 2.59. The van der Waals surface area contributed by atoms with E-state index in [2.05, 4.69) is 15.3 Å². The zero-order chi connectivity index (χ0) is 13.4. The van der Waals surface area contributed by atoms with Crippen molar-refractivity contribution in [1.29, 1.82) is 0 Å². The number of rotatable bonds is 2. The lowest BCUT2D eigenvalue weighted by atomic mass is 10.2. The summed E-state index contributed by atoms with van der Waals surface area (Å²) in [6, 6.07) is 7.51. The number of benzene rings is 1. The van der Waals surface area contributed by atoms with Crippen LogP contribution in [0.5, 0.6) is 5.75 Å². The average Bonchev–Trinajstić information content (AvgIpc) is 2.87. The standard InChI is InChI=1S/C12H10N4O2S/c1-7-11(17)16-12(14-13-7)19-10(15-16)8-5-3-4-6-9(8)18-2/h3-6H,1-2H3. The van der Waals surface area contributed by atoms with E-state index >= 15 is 0 Å². The van der Waals surface area contributed by atoms with E-state index in [1.165, 1.54) is 15.9 Å². The average molecular weight is 274 g/mol. The molecule has 0 aliphatic carbocycles. The first-order chi connectivity index (χ1) is 9.20. The summed E-state index contributed by atoms with van der Waals surface area (Å²) in [6.45, 7) is 1.61. The van der Waals surface area contributed by atoms with Gasteiger partial charge in [-0.3, -0.25) is 4.79 Å². The molecule has 3 rings (SSSR count). The van der Waals surface area contributed by atoms with Crippen LogP contribution in [0.3, 0.4) is 0 Å². The van der Waals surface area contributed by atoms with Gasteiger partial charge < -0.3 is 4.74 Å². The molecule has 0 atom stereocenters. The Hall–Kier alpha value is -2.28. The smallest absolute Gasteiger partial charge is 0.296 e. The number of nitrogens with zero attached hydrogens (tertiary/aromatic N) is 4. The molecule has 0 amide bonds. The predicted octanol–water partition coefficient (Wildman–Crippen LogP) is 1.53. The van der Waals surface area contributed by atoms with E-state index in [1.54, 1.807) is 14.0 Å². The van der Waals surface area contributed by atoms with Crippen molar-refractivity contribution in [1.82, 2.24) is 19.8 Å². The first-order valence-corrected chi connectivity index (χ1v) is 6.39. The molecular weight excluding hydrogens is 264 g/mol. The Balaban J connectivity index is 2.27. The lowest BCUT2D eigenvalue weighted by Crippen LogP contribution is -2.19. The summed E-state index contributed by atoms with van der Waals surface area (Å²) < 4.78 is 6.57. The largest absolute Gasteiger partial charge is 0.496 e. The van der Waals surface area contributed by atoms with Gasteiger partial charge in [0.2, 0.25) is 4.96 Å². The van der Waals surface area contributed by atoms with Crippen LogP contribution in [0.2, 0.25) is 0 Å². The minimum Gasteiger partial charge on any atom is -0.496 e. The molecule has 3 aromatic rings. The van der Waals surface area contributed by atoms with Gasteiger partial charge in [-0.05, 0) is 19.1 Å². The van der Waals surface area contributed by atoms with Gasteiger partial charge in [0.25, 0.3) is 5.56 Å². The van der Waals surface area contributed by atoms with E-state index in [1.807, 2.05) is 24.3 Å². The molecule has 0 saturated heterocycles. The van der Waals surface area contributed by atoms with Crippen molar-refractivity contribution in [3.05, 3.63) is 40.3 Å². The van der Waals surface area contributed by atoms with Crippen molar-refractivity contribution in [3.63, 3.8) is 0 Å². The quantitative estimate of drug-likeness (QED) is 0.708. The molecule has 1 aromatic carbocycles. The summed E-state index contributed by atoms with van der Waals surface area (Å²) in [6.07, 6.45) is 0. The molecule has 96 valence electrons. The van der Waals surface area contributed by atoms with Crippen LogP contribution >= 0.6 is 11.3 Å². The Morgan fingerprint density at radius 3 is 2.84 bits per heavy atom. The number of fused-ring (bicyclic) bond motifs is 1. The normalized spacial score (nSPS) is 10.8. The molecule has 0 fully saturated rings. The van der Waals surface area contributed by atoms with E-state index < -0.39 is 0 Å². The molecule has 0 unspecified atom stereocenters. The first-order valence-electron chi connectivity index (χ1n) is 5.57. The van der Waals surface area contributed by atoms with Gasteiger partial charge in [-0.1, -0.05) is 23.5 Å². The minimum absolute atomic E-state index is 0.248. The topological polar surface area (TPSA) is 69.4 Å². The Labute approximate surface area is 112 Å². The van der Waals surface area contributed by atoms with Crippen LogP contribution in [-0.2, 0) is 0 Å². The van der Waals surface area contributed by atoms with Crippen LogP contribution in [0.25, 0.3) is 15.5 Å². The van der Waals surface area contributed by atoms with Crippen LogP contribution in [0, 0.1) is 6.92 Å². The van der Waals surface area contributed by atoms with Crippen molar-refractivity contribution in [2.24, 2.45) is 0 Å². The summed E-state index contributed by atoms with van der Waals surface area (Å²) >= 11 is 1.30. The lowest BCUT2D eigenvalue weighted by molar-refractivity contribution is 0.416. The van der Waals surface area contributed by atoms with Crippen molar-refractivity contribution >= 4 is 16.3 Å². The zero-order valence-corrected chi connectivity index (χ0v) is 11.1. The molecule has 19 heavy (non-hydrogen) atoms. The second kappa shape index (κ2) is 4.43. The maximum Gasteiger partial charge on any atom is 0.296 e. The first kappa shape index (κ1) is 11.8. The molecule has 0 saturated carbocycles. The number of ether oxygens (including phenoxy) is 1. The molecule has 0 spiro atoms. The molecule has 7 heteroatoms. The fourth-order valence-electron chi connectivity index (χ4n) is 1.72. The highest BCUT2D eigenvalue weighted by Gasteiger charge is 2.13. The van der Waals surface area contributed by atoms with Crippen molar-refractivity contribution in [3.8, 4) is 16.3 Å². The highest BCUT2D eigenvalue weighted by Crippen LogP contribution is 2.31. The third-order valence-electron chi connectivity index (χ3n) is 2.68. The van der Waals surface area contributed by atoms with Gasteiger partial charge in [0.1, 0.15) is 11.4 Å². The summed E-state index contributed by atoms with van der Waals surface area (Å²) in [7, 11) is 1.60. The molecule has 0 aliphatic heterocycles. The predicted molar refractivity (Wildman–Crippen MR) is 71.7 cm³/mol. The fraction of sp³-hybridized carbons (Fsp3) is 0.167. The molecule has 0 N–H and O–H groups in total. The van der Waals surface area contributed by atoms with Gasteiger partial charge in [-0.15, -0.1) is 10.2 Å². The minimum atomic E-state index is -0.248. The van der Waals surface area contributed by atoms with E-state index in [0.717, 1.165) is 5.56 Å². The SMILES string of the molecule is COc1ccccc1-c1nn2c(=O)c(C)nnc2s1. The van der Waals surface area contributed by atoms with Crippen LogP contribution < -0.4 is 10.3 Å². The third kappa shape index (κ3) is 1.88. The number of aryl methyl sites for hydroxylation is 1. The lowest BCUT2D eigenvalue weighted by Gasteiger charge is -2.03. The van der Waals surface area contributed by atoms with Crippen LogP contribution in [-0.4, -0.2) is 26.9 Å². The highest BCUT2D eigenvalue weighted by atomic mass is 32.1. The number of methoxy groups -OCH3 is 1. The van der Waals surface area contributed by atoms with Crippen LogP contribution in [0.4, 0.5) is 0 Å². The summed E-state index contributed by atoms with van der Waals surface area (Å²) in [4.78, 5) is 12.4.